The van der Waals surface area contributed by atoms with E-state index in [-0.39, 0.29) is 29.2 Å². The lowest BCUT2D eigenvalue weighted by molar-refractivity contribution is -0.119. The van der Waals surface area contributed by atoms with Gasteiger partial charge in [-0.3, -0.25) is 9.59 Å². The number of anilines is 2. The molecular weight excluding hydrogens is 518 g/mol. The van der Waals surface area contributed by atoms with E-state index in [0.29, 0.717) is 28.7 Å². The molecule has 3 rings (SSSR count). The maximum Gasteiger partial charge on any atom is 0.279 e. The highest BCUT2D eigenvalue weighted by Gasteiger charge is 2.18. The molecular formula is C31H37N7O3. The van der Waals surface area contributed by atoms with E-state index in [9.17, 15) is 14.7 Å². The highest BCUT2D eigenvalue weighted by Crippen LogP contribution is 2.27. The molecule has 0 spiro atoms. The Morgan fingerprint density at radius 1 is 0.878 bits per heavy atom. The summed E-state index contributed by atoms with van der Waals surface area (Å²) in [6.07, 6.45) is 2.67. The lowest BCUT2D eigenvalue weighted by Crippen LogP contribution is -2.21. The minimum absolute atomic E-state index is 0.0701. The number of amides is 2. The first-order valence-corrected chi connectivity index (χ1v) is 13.4. The molecule has 2 atom stereocenters. The van der Waals surface area contributed by atoms with Crippen LogP contribution in [0, 0.1) is 5.92 Å². The molecule has 2 unspecified atom stereocenters. The number of aliphatic hydroxyl groups excluding tert-OH is 1. The number of benzene rings is 3. The molecule has 0 heterocycles. The topological polar surface area (TPSA) is 168 Å². The number of hydrogen-bond acceptors (Lipinski definition) is 6. The molecule has 0 fully saturated rings. The van der Waals surface area contributed by atoms with Crippen molar-refractivity contribution in [3.8, 4) is 0 Å². The van der Waals surface area contributed by atoms with Crippen LogP contribution in [0.3, 0.4) is 0 Å². The van der Waals surface area contributed by atoms with Crippen LogP contribution in [0.5, 0.6) is 0 Å². The largest absolute Gasteiger partial charge is 0.510 e. The van der Waals surface area contributed by atoms with Crippen LogP contribution in [-0.4, -0.2) is 22.9 Å². The van der Waals surface area contributed by atoms with Crippen molar-refractivity contribution in [3.63, 3.8) is 0 Å². The van der Waals surface area contributed by atoms with Gasteiger partial charge in [-0.2, -0.15) is 5.11 Å². The van der Waals surface area contributed by atoms with Crippen molar-refractivity contribution < 1.29 is 14.7 Å². The third-order valence-electron chi connectivity index (χ3n) is 6.48. The lowest BCUT2D eigenvalue weighted by atomic mass is 9.89. The molecule has 0 aliphatic heterocycles. The fourth-order valence-corrected chi connectivity index (χ4v) is 4.18. The number of hydrogen-bond donors (Lipinski definition) is 5. The molecule has 7 N–H and O–H groups in total. The Morgan fingerprint density at radius 3 is 2.12 bits per heavy atom. The van der Waals surface area contributed by atoms with Crippen LogP contribution in [0.2, 0.25) is 0 Å². The van der Waals surface area contributed by atoms with Crippen molar-refractivity contribution >= 4 is 40.5 Å². The number of carbonyl (C=O) groups is 2. The SMILES string of the molecule is CCC(CCC(C)C(=O)Nc1cccc(NC(=O)C(N=Nc2ccc(N=C(N)N)cc2)=C(C)O)c1)c1ccccc1. The van der Waals surface area contributed by atoms with Gasteiger partial charge >= 0.3 is 0 Å². The monoisotopic (exact) mass is 555 g/mol. The molecule has 3 aromatic carbocycles. The summed E-state index contributed by atoms with van der Waals surface area (Å²) in [5, 5.41) is 23.6. The third-order valence-corrected chi connectivity index (χ3v) is 6.48. The standard InChI is InChI=1S/C31H37N7O3/c1-4-22(23-9-6-5-7-10-23)14-13-20(2)29(40)34-26-11-8-12-27(19-26)35-30(41)28(21(3)39)38-37-25-17-15-24(16-18-25)36-31(32)33/h5-12,15-20,22,39H,4,13-14H2,1-3H3,(H,34,40)(H,35,41)(H4,32,33,36). The molecule has 0 radical (unpaired) electrons. The van der Waals surface area contributed by atoms with Gasteiger partial charge in [0, 0.05) is 17.3 Å². The Balaban J connectivity index is 1.60. The van der Waals surface area contributed by atoms with E-state index < -0.39 is 5.91 Å². The molecule has 214 valence electrons. The predicted octanol–water partition coefficient (Wildman–Crippen LogP) is 6.65. The fourth-order valence-electron chi connectivity index (χ4n) is 4.18. The van der Waals surface area contributed by atoms with Gasteiger partial charge in [-0.05, 0) is 80.1 Å². The molecule has 0 aromatic heterocycles. The second-order valence-electron chi connectivity index (χ2n) is 9.71. The zero-order valence-corrected chi connectivity index (χ0v) is 23.5. The van der Waals surface area contributed by atoms with Gasteiger partial charge in [0.15, 0.2) is 11.7 Å². The number of allylic oxidation sites excluding steroid dienone is 1. The highest BCUT2D eigenvalue weighted by molar-refractivity contribution is 6.04. The number of nitrogens with zero attached hydrogens (tertiary/aromatic N) is 3. The van der Waals surface area contributed by atoms with Crippen LogP contribution in [0.1, 0.15) is 51.5 Å². The number of carbonyl (C=O) groups excluding carboxylic acids is 2. The maximum absolute atomic E-state index is 12.9. The van der Waals surface area contributed by atoms with Gasteiger partial charge in [0.25, 0.3) is 5.91 Å². The van der Waals surface area contributed by atoms with E-state index in [2.05, 4.69) is 44.9 Å². The molecule has 10 nitrogen and oxygen atoms in total. The first-order chi connectivity index (χ1) is 19.7. The first-order valence-electron chi connectivity index (χ1n) is 13.4. The van der Waals surface area contributed by atoms with Crippen LogP contribution < -0.4 is 22.1 Å². The summed E-state index contributed by atoms with van der Waals surface area (Å²) >= 11 is 0. The number of aliphatic hydroxyl groups is 1. The Morgan fingerprint density at radius 2 is 1.51 bits per heavy atom. The number of nitrogens with two attached hydrogens (primary N) is 2. The quantitative estimate of drug-likeness (QED) is 0.0553. The normalized spacial score (nSPS) is 13.1. The van der Waals surface area contributed by atoms with Gasteiger partial charge < -0.3 is 27.2 Å². The first kappa shape index (κ1) is 30.6. The van der Waals surface area contributed by atoms with Gasteiger partial charge in [0.2, 0.25) is 5.91 Å². The van der Waals surface area contributed by atoms with E-state index in [0.717, 1.165) is 19.3 Å². The van der Waals surface area contributed by atoms with Crippen LogP contribution in [0.25, 0.3) is 0 Å². The van der Waals surface area contributed by atoms with E-state index in [4.69, 9.17) is 11.5 Å². The van der Waals surface area contributed by atoms with Crippen molar-refractivity contribution in [2.75, 3.05) is 10.6 Å². The molecule has 3 aromatic rings. The predicted molar refractivity (Wildman–Crippen MR) is 163 cm³/mol. The average molecular weight is 556 g/mol. The molecule has 0 aliphatic rings. The van der Waals surface area contributed by atoms with Gasteiger partial charge in [0.05, 0.1) is 11.4 Å². The Hall–Kier alpha value is -4.99. The van der Waals surface area contributed by atoms with Gasteiger partial charge in [-0.15, -0.1) is 5.11 Å². The summed E-state index contributed by atoms with van der Waals surface area (Å²) in [5.74, 6) is -0.908. The zero-order valence-electron chi connectivity index (χ0n) is 23.5. The van der Waals surface area contributed by atoms with E-state index in [1.807, 2.05) is 25.1 Å². The second kappa shape index (κ2) is 15.0. The fraction of sp³-hybridized carbons (Fsp3) is 0.258. The molecule has 10 heteroatoms. The Kier molecular flexibility index (Phi) is 11.2. The van der Waals surface area contributed by atoms with Crippen molar-refractivity contribution in [3.05, 3.63) is 95.9 Å². The summed E-state index contributed by atoms with van der Waals surface area (Å²) in [6.45, 7) is 5.42. The minimum Gasteiger partial charge on any atom is -0.510 e. The van der Waals surface area contributed by atoms with Gasteiger partial charge in [-0.1, -0.05) is 50.2 Å². The summed E-state index contributed by atoms with van der Waals surface area (Å²) < 4.78 is 0. The van der Waals surface area contributed by atoms with E-state index in [1.165, 1.54) is 12.5 Å². The van der Waals surface area contributed by atoms with Crippen LogP contribution in [-0.2, 0) is 9.59 Å². The summed E-state index contributed by atoms with van der Waals surface area (Å²) in [4.78, 5) is 29.7. The number of azo groups is 1. The van der Waals surface area contributed by atoms with Gasteiger partial charge in [-0.25, -0.2) is 4.99 Å². The van der Waals surface area contributed by atoms with Crippen molar-refractivity contribution in [2.45, 2.75) is 46.0 Å². The average Bonchev–Trinajstić information content (AvgIpc) is 2.94. The molecule has 0 bridgehead atoms. The van der Waals surface area contributed by atoms with Crippen molar-refractivity contribution in [1.29, 1.82) is 0 Å². The molecule has 0 saturated carbocycles. The summed E-state index contributed by atoms with van der Waals surface area (Å²) in [5.41, 5.74) is 13.7. The minimum atomic E-state index is -0.658. The zero-order chi connectivity index (χ0) is 29.8. The maximum atomic E-state index is 12.9. The highest BCUT2D eigenvalue weighted by atomic mass is 16.3. The van der Waals surface area contributed by atoms with Crippen LogP contribution in [0.4, 0.5) is 22.7 Å². The van der Waals surface area contributed by atoms with Crippen LogP contribution in [0.15, 0.2) is 106 Å². The Bertz CT molecular complexity index is 1410. The van der Waals surface area contributed by atoms with Crippen LogP contribution >= 0.6 is 0 Å². The van der Waals surface area contributed by atoms with E-state index in [1.54, 1.807) is 48.5 Å². The summed E-state index contributed by atoms with van der Waals surface area (Å²) in [7, 11) is 0. The third kappa shape index (κ3) is 9.61. The molecule has 41 heavy (non-hydrogen) atoms. The molecule has 0 aliphatic carbocycles. The number of rotatable bonds is 12. The summed E-state index contributed by atoms with van der Waals surface area (Å²) in [6, 6.07) is 23.6. The van der Waals surface area contributed by atoms with E-state index >= 15 is 0 Å². The van der Waals surface area contributed by atoms with Crippen molar-refractivity contribution in [1.82, 2.24) is 0 Å². The van der Waals surface area contributed by atoms with Crippen molar-refractivity contribution in [2.24, 2.45) is 32.6 Å². The van der Waals surface area contributed by atoms with Gasteiger partial charge in [0.1, 0.15) is 5.76 Å². The lowest BCUT2D eigenvalue weighted by Gasteiger charge is -2.18. The molecule has 0 saturated heterocycles. The number of nitrogens with one attached hydrogen (secondary N) is 2. The number of guanidine groups is 1. The Labute approximate surface area is 240 Å². The number of aliphatic imine (C=N–C) groups is 1. The second-order valence-corrected chi connectivity index (χ2v) is 9.71. The smallest absolute Gasteiger partial charge is 0.279 e. The molecule has 2 amide bonds.